The third-order valence-corrected chi connectivity index (χ3v) is 3.01. The number of rotatable bonds is 4. The summed E-state index contributed by atoms with van der Waals surface area (Å²) in [7, 11) is 0. The number of hydrogen-bond acceptors (Lipinski definition) is 3. The fraction of sp³-hybridized carbons (Fsp3) is 0.143. The molecule has 2 aromatic rings. The van der Waals surface area contributed by atoms with Gasteiger partial charge in [0.2, 0.25) is 0 Å². The molecule has 0 spiro atoms. The molecule has 0 aliphatic carbocycles. The molecule has 1 atom stereocenters. The molecule has 0 bridgehead atoms. The van der Waals surface area contributed by atoms with Crippen LogP contribution in [0.15, 0.2) is 56.7 Å². The van der Waals surface area contributed by atoms with Gasteiger partial charge < -0.3 is 4.42 Å². The van der Waals surface area contributed by atoms with Crippen LogP contribution in [0.1, 0.15) is 29.0 Å². The third-order valence-electron chi connectivity index (χ3n) is 2.59. The summed E-state index contributed by atoms with van der Waals surface area (Å²) < 4.78 is 5.63. The van der Waals surface area contributed by atoms with Crippen LogP contribution < -0.4 is 5.43 Å². The van der Waals surface area contributed by atoms with Crippen LogP contribution in [0.5, 0.6) is 0 Å². The highest BCUT2D eigenvalue weighted by Crippen LogP contribution is 2.14. The Morgan fingerprint density at radius 3 is 2.68 bits per heavy atom. The Labute approximate surface area is 119 Å². The maximum Gasteiger partial charge on any atom is 0.307 e. The Kier molecular flexibility index (Phi) is 4.52. The van der Waals surface area contributed by atoms with E-state index in [1.807, 2.05) is 37.3 Å². The molecule has 5 heteroatoms. The van der Waals surface area contributed by atoms with E-state index in [-0.39, 0.29) is 17.6 Å². The lowest BCUT2D eigenvalue weighted by Crippen LogP contribution is -2.17. The molecule has 0 aliphatic heterocycles. The zero-order valence-corrected chi connectivity index (χ0v) is 11.9. The average molecular weight is 321 g/mol. The van der Waals surface area contributed by atoms with Gasteiger partial charge in [0.25, 0.3) is 0 Å². The largest absolute Gasteiger partial charge is 0.444 e. The lowest BCUT2D eigenvalue weighted by atomic mass is 10.0. The van der Waals surface area contributed by atoms with Gasteiger partial charge in [0.05, 0.1) is 0 Å². The Morgan fingerprint density at radius 1 is 1.32 bits per heavy atom. The maximum atomic E-state index is 11.6. The molecular formula is C14H13BrN2O2. The average Bonchev–Trinajstić information content (AvgIpc) is 2.86. The molecule has 0 saturated heterocycles. The van der Waals surface area contributed by atoms with Gasteiger partial charge in [-0.1, -0.05) is 37.3 Å². The molecule has 98 valence electrons. The van der Waals surface area contributed by atoms with Crippen molar-refractivity contribution in [3.63, 3.8) is 0 Å². The van der Waals surface area contributed by atoms with Gasteiger partial charge in [-0.25, -0.2) is 5.43 Å². The molecule has 19 heavy (non-hydrogen) atoms. The number of hydrogen-bond donors (Lipinski definition) is 1. The van der Waals surface area contributed by atoms with Crippen LogP contribution in [0.25, 0.3) is 0 Å². The Morgan fingerprint density at radius 2 is 2.05 bits per heavy atom. The van der Waals surface area contributed by atoms with Gasteiger partial charge >= 0.3 is 5.91 Å². The van der Waals surface area contributed by atoms with Gasteiger partial charge in [0.1, 0.15) is 0 Å². The van der Waals surface area contributed by atoms with Gasteiger partial charge in [0.15, 0.2) is 10.4 Å². The highest BCUT2D eigenvalue weighted by molar-refractivity contribution is 9.10. The highest BCUT2D eigenvalue weighted by Gasteiger charge is 2.09. The predicted octanol–water partition coefficient (Wildman–Crippen LogP) is 3.56. The number of furan rings is 1. The SMILES string of the molecule is CC(/C=N/NC(=O)c1ccc(Br)o1)c1ccccc1. The van der Waals surface area contributed by atoms with Crippen LogP contribution in [0.3, 0.4) is 0 Å². The summed E-state index contributed by atoms with van der Waals surface area (Å²) in [6.07, 6.45) is 1.69. The molecule has 1 N–H and O–H groups in total. The van der Waals surface area contributed by atoms with E-state index in [2.05, 4.69) is 26.5 Å². The van der Waals surface area contributed by atoms with Crippen molar-refractivity contribution in [1.29, 1.82) is 0 Å². The van der Waals surface area contributed by atoms with Gasteiger partial charge in [-0.3, -0.25) is 4.79 Å². The van der Waals surface area contributed by atoms with Crippen molar-refractivity contribution in [1.82, 2.24) is 5.43 Å². The molecule has 0 aliphatic rings. The van der Waals surface area contributed by atoms with Crippen molar-refractivity contribution in [3.05, 3.63) is 58.5 Å². The molecule has 2 rings (SSSR count). The maximum absolute atomic E-state index is 11.6. The number of carbonyl (C=O) groups excluding carboxylic acids is 1. The van der Waals surface area contributed by atoms with Crippen molar-refractivity contribution >= 4 is 28.1 Å². The minimum Gasteiger partial charge on any atom is -0.444 e. The van der Waals surface area contributed by atoms with Crippen LogP contribution in [0.2, 0.25) is 0 Å². The number of nitrogens with zero attached hydrogens (tertiary/aromatic N) is 1. The van der Waals surface area contributed by atoms with Crippen molar-refractivity contribution in [2.24, 2.45) is 5.10 Å². The zero-order valence-electron chi connectivity index (χ0n) is 10.3. The van der Waals surface area contributed by atoms with Crippen LogP contribution in [-0.2, 0) is 0 Å². The zero-order chi connectivity index (χ0) is 13.7. The van der Waals surface area contributed by atoms with Gasteiger partial charge in [0, 0.05) is 12.1 Å². The van der Waals surface area contributed by atoms with E-state index >= 15 is 0 Å². The number of benzene rings is 1. The first kappa shape index (κ1) is 13.5. The van der Waals surface area contributed by atoms with Gasteiger partial charge in [-0.05, 0) is 33.6 Å². The number of carbonyl (C=O) groups is 1. The summed E-state index contributed by atoms with van der Waals surface area (Å²) in [6, 6.07) is 13.2. The minimum atomic E-state index is -0.373. The first-order chi connectivity index (χ1) is 9.16. The monoisotopic (exact) mass is 320 g/mol. The standard InChI is InChI=1S/C14H13BrN2O2/c1-10(11-5-3-2-4-6-11)9-16-17-14(18)12-7-8-13(15)19-12/h2-10H,1H3,(H,17,18)/b16-9+. The summed E-state index contributed by atoms with van der Waals surface area (Å²) in [5, 5.41) is 3.93. The van der Waals surface area contributed by atoms with Crippen LogP contribution in [-0.4, -0.2) is 12.1 Å². The van der Waals surface area contributed by atoms with E-state index in [9.17, 15) is 4.79 Å². The number of nitrogens with one attached hydrogen (secondary N) is 1. The quantitative estimate of drug-likeness (QED) is 0.691. The second-order valence-electron chi connectivity index (χ2n) is 4.02. The molecule has 1 aromatic heterocycles. The van der Waals surface area contributed by atoms with E-state index in [4.69, 9.17) is 4.42 Å². The number of hydrazone groups is 1. The van der Waals surface area contributed by atoms with E-state index in [0.717, 1.165) is 5.56 Å². The Hall–Kier alpha value is -1.88. The van der Waals surface area contributed by atoms with E-state index in [0.29, 0.717) is 4.67 Å². The van der Waals surface area contributed by atoms with E-state index in [1.165, 1.54) is 0 Å². The first-order valence-electron chi connectivity index (χ1n) is 5.80. The fourth-order valence-corrected chi connectivity index (χ4v) is 1.85. The predicted molar refractivity (Wildman–Crippen MR) is 77.2 cm³/mol. The summed E-state index contributed by atoms with van der Waals surface area (Å²) >= 11 is 3.14. The molecule has 1 unspecified atom stereocenters. The smallest absolute Gasteiger partial charge is 0.307 e. The van der Waals surface area contributed by atoms with Crippen molar-refractivity contribution in [3.8, 4) is 0 Å². The third kappa shape index (κ3) is 3.79. The normalized spacial score (nSPS) is 12.5. The molecule has 1 heterocycles. The molecule has 1 amide bonds. The van der Waals surface area contributed by atoms with Crippen LogP contribution >= 0.6 is 15.9 Å². The van der Waals surface area contributed by atoms with Crippen LogP contribution in [0, 0.1) is 0 Å². The molecule has 0 saturated carbocycles. The molecule has 4 nitrogen and oxygen atoms in total. The highest BCUT2D eigenvalue weighted by atomic mass is 79.9. The lowest BCUT2D eigenvalue weighted by molar-refractivity contribution is 0.0926. The second kappa shape index (κ2) is 6.33. The van der Waals surface area contributed by atoms with Crippen molar-refractivity contribution < 1.29 is 9.21 Å². The van der Waals surface area contributed by atoms with Crippen molar-refractivity contribution in [2.75, 3.05) is 0 Å². The summed E-state index contributed by atoms with van der Waals surface area (Å²) in [6.45, 7) is 2.01. The Bertz CT molecular complexity index is 578. The first-order valence-corrected chi connectivity index (χ1v) is 6.60. The minimum absolute atomic E-state index is 0.129. The fourth-order valence-electron chi connectivity index (χ4n) is 1.54. The van der Waals surface area contributed by atoms with Crippen molar-refractivity contribution in [2.45, 2.75) is 12.8 Å². The van der Waals surface area contributed by atoms with E-state index in [1.54, 1.807) is 18.3 Å². The molecular weight excluding hydrogens is 308 g/mol. The summed E-state index contributed by atoms with van der Waals surface area (Å²) in [4.78, 5) is 11.6. The topological polar surface area (TPSA) is 54.6 Å². The number of halogens is 1. The molecule has 1 aromatic carbocycles. The molecule has 0 radical (unpaired) electrons. The lowest BCUT2D eigenvalue weighted by Gasteiger charge is -2.04. The van der Waals surface area contributed by atoms with Crippen LogP contribution in [0.4, 0.5) is 0 Å². The number of amides is 1. The summed E-state index contributed by atoms with van der Waals surface area (Å²) in [5.41, 5.74) is 3.57. The van der Waals surface area contributed by atoms with E-state index < -0.39 is 0 Å². The Balaban J connectivity index is 1.92. The second-order valence-corrected chi connectivity index (χ2v) is 4.80. The van der Waals surface area contributed by atoms with Gasteiger partial charge in [-0.2, -0.15) is 5.10 Å². The molecule has 0 fully saturated rings. The summed E-state index contributed by atoms with van der Waals surface area (Å²) in [5.74, 6) is -0.0246. The van der Waals surface area contributed by atoms with Gasteiger partial charge in [-0.15, -0.1) is 0 Å².